The fourth-order valence-electron chi connectivity index (χ4n) is 4.00. The average Bonchev–Trinajstić information content (AvgIpc) is 3.59. The zero-order chi connectivity index (χ0) is 24.2. The third-order valence-electron chi connectivity index (χ3n) is 5.82. The number of amides is 3. The number of carbonyl (C=O) groups excluding carboxylic acids is 2. The molecule has 2 aliphatic rings. The maximum Gasteiger partial charge on any atom is 0.326 e. The number of ether oxygens (including phenoxy) is 1. The highest BCUT2D eigenvalue weighted by Gasteiger charge is 2.23. The number of benzene rings is 1. The molecule has 0 aliphatic carbocycles. The first kappa shape index (κ1) is 23.0. The molecule has 2 fully saturated rings. The predicted octanol–water partition coefficient (Wildman–Crippen LogP) is 3.91. The lowest BCUT2D eigenvalue weighted by Gasteiger charge is -2.15. The largest absolute Gasteiger partial charge is 0.492 e. The van der Waals surface area contributed by atoms with Crippen molar-refractivity contribution in [3.05, 3.63) is 58.7 Å². The van der Waals surface area contributed by atoms with Crippen LogP contribution >= 0.6 is 11.3 Å². The lowest BCUT2D eigenvalue weighted by Crippen LogP contribution is -2.25. The number of imide groups is 1. The van der Waals surface area contributed by atoms with Gasteiger partial charge in [-0.25, -0.2) is 14.8 Å². The van der Waals surface area contributed by atoms with Gasteiger partial charge in [-0.1, -0.05) is 0 Å². The van der Waals surface area contributed by atoms with Gasteiger partial charge in [0.15, 0.2) is 0 Å². The number of hydrogen-bond acceptors (Lipinski definition) is 8. The van der Waals surface area contributed by atoms with Crippen molar-refractivity contribution in [2.24, 2.45) is 0 Å². The molecule has 1 aromatic carbocycles. The Bertz CT molecular complexity index is 1260. The van der Waals surface area contributed by atoms with Crippen LogP contribution in [0, 0.1) is 6.92 Å². The van der Waals surface area contributed by atoms with Crippen molar-refractivity contribution in [1.29, 1.82) is 0 Å². The van der Waals surface area contributed by atoms with Crippen LogP contribution in [0.3, 0.4) is 0 Å². The van der Waals surface area contributed by atoms with Crippen LogP contribution in [0.15, 0.2) is 48.3 Å². The van der Waals surface area contributed by atoms with Crippen LogP contribution in [-0.4, -0.2) is 53.0 Å². The fraction of sp³-hybridized carbons (Fsp3) is 0.280. The molecule has 3 N–H and O–H groups in total. The molecular formula is C25H26N6O3S. The molecule has 2 saturated heterocycles. The van der Waals surface area contributed by atoms with E-state index in [2.05, 4.69) is 25.8 Å². The molecule has 2 aliphatic heterocycles. The van der Waals surface area contributed by atoms with Gasteiger partial charge < -0.3 is 15.4 Å². The highest BCUT2D eigenvalue weighted by molar-refractivity contribution is 7.16. The quantitative estimate of drug-likeness (QED) is 0.324. The Morgan fingerprint density at radius 2 is 1.91 bits per heavy atom. The van der Waals surface area contributed by atoms with E-state index in [9.17, 15) is 9.59 Å². The summed E-state index contributed by atoms with van der Waals surface area (Å²) < 4.78 is 5.88. The molecule has 0 atom stereocenters. The second-order valence-electron chi connectivity index (χ2n) is 8.44. The molecule has 9 nitrogen and oxygen atoms in total. The van der Waals surface area contributed by atoms with Gasteiger partial charge in [-0.3, -0.25) is 15.0 Å². The van der Waals surface area contributed by atoms with Gasteiger partial charge in [0.05, 0.1) is 10.6 Å². The number of nitrogens with zero attached hydrogens (tertiary/aromatic N) is 3. The topological polar surface area (TPSA) is 108 Å². The third kappa shape index (κ3) is 5.67. The number of urea groups is 1. The number of hydrogen-bond donors (Lipinski definition) is 3. The smallest absolute Gasteiger partial charge is 0.326 e. The molecule has 5 rings (SSSR count). The van der Waals surface area contributed by atoms with Gasteiger partial charge in [0, 0.05) is 23.3 Å². The molecule has 2 aromatic heterocycles. The summed E-state index contributed by atoms with van der Waals surface area (Å²) in [5.41, 5.74) is 2.84. The van der Waals surface area contributed by atoms with E-state index in [1.165, 1.54) is 37.3 Å². The van der Waals surface area contributed by atoms with Crippen molar-refractivity contribution in [2.75, 3.05) is 31.6 Å². The van der Waals surface area contributed by atoms with Gasteiger partial charge in [-0.15, -0.1) is 11.3 Å². The number of carbonyl (C=O) groups is 2. The van der Waals surface area contributed by atoms with Crippen LogP contribution in [0.4, 0.5) is 16.4 Å². The Hall–Kier alpha value is -3.76. The van der Waals surface area contributed by atoms with E-state index in [1.54, 1.807) is 12.3 Å². The van der Waals surface area contributed by atoms with Gasteiger partial charge in [0.25, 0.3) is 5.91 Å². The highest BCUT2D eigenvalue weighted by atomic mass is 32.1. The molecule has 10 heteroatoms. The van der Waals surface area contributed by atoms with E-state index < -0.39 is 11.9 Å². The second-order valence-corrected chi connectivity index (χ2v) is 9.56. The Labute approximate surface area is 207 Å². The van der Waals surface area contributed by atoms with Gasteiger partial charge in [-0.2, -0.15) is 0 Å². The zero-order valence-electron chi connectivity index (χ0n) is 19.3. The van der Waals surface area contributed by atoms with E-state index in [-0.39, 0.29) is 5.70 Å². The minimum absolute atomic E-state index is 0.230. The fourth-order valence-corrected chi connectivity index (χ4v) is 5.00. The van der Waals surface area contributed by atoms with Crippen LogP contribution in [0.2, 0.25) is 0 Å². The molecule has 0 unspecified atom stereocenters. The van der Waals surface area contributed by atoms with Crippen LogP contribution in [0.25, 0.3) is 16.6 Å². The number of anilines is 2. The molecule has 4 heterocycles. The van der Waals surface area contributed by atoms with Crippen molar-refractivity contribution in [3.8, 4) is 16.3 Å². The Kier molecular flexibility index (Phi) is 6.73. The van der Waals surface area contributed by atoms with Crippen LogP contribution in [0.1, 0.15) is 23.3 Å². The molecule has 180 valence electrons. The normalized spacial score (nSPS) is 17.0. The zero-order valence-corrected chi connectivity index (χ0v) is 20.2. The molecule has 0 radical (unpaired) electrons. The number of thiophene rings is 1. The Balaban J connectivity index is 1.23. The number of aryl methyl sites for hydroxylation is 1. The lowest BCUT2D eigenvalue weighted by molar-refractivity contribution is -0.115. The molecule has 0 saturated carbocycles. The first-order valence-corrected chi connectivity index (χ1v) is 12.4. The maximum atomic E-state index is 11.8. The van der Waals surface area contributed by atoms with Crippen LogP contribution in [0.5, 0.6) is 5.75 Å². The van der Waals surface area contributed by atoms with Crippen molar-refractivity contribution in [1.82, 2.24) is 25.5 Å². The van der Waals surface area contributed by atoms with Gasteiger partial charge >= 0.3 is 6.03 Å². The molecule has 3 aromatic rings. The van der Waals surface area contributed by atoms with E-state index in [4.69, 9.17) is 9.72 Å². The minimum atomic E-state index is -0.512. The maximum absolute atomic E-state index is 11.8. The van der Waals surface area contributed by atoms with Gasteiger partial charge in [-0.05, 0) is 80.9 Å². The molecule has 0 bridgehead atoms. The van der Waals surface area contributed by atoms with Crippen LogP contribution in [-0.2, 0) is 4.79 Å². The predicted molar refractivity (Wildman–Crippen MR) is 136 cm³/mol. The summed E-state index contributed by atoms with van der Waals surface area (Å²) in [6.07, 6.45) is 6.00. The number of likely N-dealkylation sites (tertiary alicyclic amines) is 1. The first-order valence-electron chi connectivity index (χ1n) is 11.5. The second kappa shape index (κ2) is 10.2. The van der Waals surface area contributed by atoms with Crippen molar-refractivity contribution >= 4 is 41.0 Å². The first-order chi connectivity index (χ1) is 17.0. The molecular weight excluding hydrogens is 464 g/mol. The number of rotatable bonds is 8. The highest BCUT2D eigenvalue weighted by Crippen LogP contribution is 2.31. The van der Waals surface area contributed by atoms with Crippen LogP contribution < -0.4 is 20.7 Å². The monoisotopic (exact) mass is 490 g/mol. The summed E-state index contributed by atoms with van der Waals surface area (Å²) in [7, 11) is 0. The van der Waals surface area contributed by atoms with Crippen molar-refractivity contribution in [2.45, 2.75) is 19.8 Å². The van der Waals surface area contributed by atoms with E-state index >= 15 is 0 Å². The summed E-state index contributed by atoms with van der Waals surface area (Å²) in [4.78, 5) is 36.4. The summed E-state index contributed by atoms with van der Waals surface area (Å²) >= 11 is 1.48. The van der Waals surface area contributed by atoms with E-state index in [1.807, 2.05) is 43.3 Å². The summed E-state index contributed by atoms with van der Waals surface area (Å²) in [6.45, 7) is 5.95. The van der Waals surface area contributed by atoms with E-state index in [0.29, 0.717) is 12.6 Å². The summed E-state index contributed by atoms with van der Waals surface area (Å²) in [5, 5.41) is 7.95. The summed E-state index contributed by atoms with van der Waals surface area (Å²) in [5.74, 6) is 0.898. The standard InChI is InChI=1S/C25H26N6O3S/c1-16-15-26-24(27-17-4-6-18(7-5-17)34-13-12-31-10-2-3-11-31)29-22(16)21-9-8-19(35-21)14-20-23(32)30-25(33)28-20/h4-9,14-15H,2-3,10-13H2,1H3,(H,26,27,29)(H2,28,30,32,33). The molecule has 35 heavy (non-hydrogen) atoms. The summed E-state index contributed by atoms with van der Waals surface area (Å²) in [6, 6.07) is 11.1. The number of aromatic nitrogens is 2. The van der Waals surface area contributed by atoms with Gasteiger partial charge in [0.1, 0.15) is 18.1 Å². The minimum Gasteiger partial charge on any atom is -0.492 e. The lowest BCUT2D eigenvalue weighted by atomic mass is 10.2. The van der Waals surface area contributed by atoms with Crippen molar-refractivity contribution < 1.29 is 14.3 Å². The number of nitrogens with one attached hydrogen (secondary N) is 3. The third-order valence-corrected chi connectivity index (χ3v) is 6.86. The SMILES string of the molecule is Cc1cnc(Nc2ccc(OCCN3CCCC3)cc2)nc1-c1ccc(C=C2NC(=O)NC2=O)s1. The van der Waals surface area contributed by atoms with Gasteiger partial charge in [0.2, 0.25) is 5.95 Å². The Morgan fingerprint density at radius 3 is 2.66 bits per heavy atom. The van der Waals surface area contributed by atoms with E-state index in [0.717, 1.165) is 39.0 Å². The van der Waals surface area contributed by atoms with Crippen molar-refractivity contribution in [3.63, 3.8) is 0 Å². The Morgan fingerprint density at radius 1 is 1.11 bits per heavy atom. The molecule has 0 spiro atoms. The average molecular weight is 491 g/mol. The molecule has 3 amide bonds.